The van der Waals surface area contributed by atoms with Crippen LogP contribution in [0.5, 0.6) is 0 Å². The van der Waals surface area contributed by atoms with Gasteiger partial charge in [-0.25, -0.2) is 0 Å². The third-order valence-electron chi connectivity index (χ3n) is 3.51. The number of carbonyl (C=O) groups excluding carboxylic acids is 1. The van der Waals surface area contributed by atoms with Gasteiger partial charge in [-0.15, -0.1) is 0 Å². The lowest BCUT2D eigenvalue weighted by molar-refractivity contribution is 0.0745. The molecule has 21 heavy (non-hydrogen) atoms. The van der Waals surface area contributed by atoms with Gasteiger partial charge in [-0.2, -0.15) is 0 Å². The van der Waals surface area contributed by atoms with Gasteiger partial charge in [0.15, 0.2) is 0 Å². The van der Waals surface area contributed by atoms with Crippen LogP contribution in [0.25, 0.3) is 10.9 Å². The summed E-state index contributed by atoms with van der Waals surface area (Å²) in [6.07, 6.45) is 1.75. The number of H-pyrrole nitrogens is 1. The van der Waals surface area contributed by atoms with Gasteiger partial charge in [0.25, 0.3) is 5.91 Å². The maximum absolute atomic E-state index is 12.6. The highest BCUT2D eigenvalue weighted by Gasteiger charge is 2.17. The molecule has 3 aromatic rings. The molecule has 0 aliphatic carbocycles. The number of nitrogens with one attached hydrogen (secondary N) is 1. The van der Waals surface area contributed by atoms with Crippen LogP contribution in [0.4, 0.5) is 0 Å². The number of pyridine rings is 1. The predicted octanol–water partition coefficient (Wildman–Crippen LogP) is 3.23. The largest absolute Gasteiger partial charge is 0.351 e. The highest BCUT2D eigenvalue weighted by atomic mass is 16.2. The number of fused-ring (bicyclic) bond motifs is 1. The van der Waals surface area contributed by atoms with Gasteiger partial charge in [-0.05, 0) is 31.2 Å². The lowest BCUT2D eigenvalue weighted by Crippen LogP contribution is -2.30. The second kappa shape index (κ2) is 5.79. The van der Waals surface area contributed by atoms with E-state index in [2.05, 4.69) is 9.97 Å². The zero-order valence-corrected chi connectivity index (χ0v) is 11.9. The van der Waals surface area contributed by atoms with Crippen molar-refractivity contribution in [3.8, 4) is 0 Å². The van der Waals surface area contributed by atoms with Gasteiger partial charge in [-0.3, -0.25) is 9.78 Å². The van der Waals surface area contributed by atoms with E-state index in [1.807, 2.05) is 55.5 Å². The number of aromatic amines is 1. The van der Waals surface area contributed by atoms with Gasteiger partial charge in [-0.1, -0.05) is 24.3 Å². The Hall–Kier alpha value is -2.62. The van der Waals surface area contributed by atoms with Crippen molar-refractivity contribution in [1.82, 2.24) is 14.9 Å². The lowest BCUT2D eigenvalue weighted by Gasteiger charge is -2.19. The van der Waals surface area contributed by atoms with Crippen LogP contribution in [0.1, 0.15) is 23.1 Å². The SMILES string of the molecule is CCN(Cc1ccccn1)C(=O)c1cc2ccccc2[nH]1. The molecule has 1 amide bonds. The molecular formula is C17H17N3O. The Morgan fingerprint density at radius 2 is 2.00 bits per heavy atom. The number of benzene rings is 1. The summed E-state index contributed by atoms with van der Waals surface area (Å²) in [6, 6.07) is 15.5. The number of nitrogens with zero attached hydrogens (tertiary/aromatic N) is 2. The average molecular weight is 279 g/mol. The van der Waals surface area contributed by atoms with E-state index in [1.165, 1.54) is 0 Å². The molecule has 0 aliphatic heterocycles. The Morgan fingerprint density at radius 1 is 1.19 bits per heavy atom. The van der Waals surface area contributed by atoms with Crippen molar-refractivity contribution in [2.45, 2.75) is 13.5 Å². The van der Waals surface area contributed by atoms with Crippen molar-refractivity contribution < 1.29 is 4.79 Å². The third-order valence-corrected chi connectivity index (χ3v) is 3.51. The van der Waals surface area contributed by atoms with Gasteiger partial charge in [0.1, 0.15) is 5.69 Å². The average Bonchev–Trinajstić information content (AvgIpc) is 2.97. The fourth-order valence-electron chi connectivity index (χ4n) is 2.37. The molecule has 2 aromatic heterocycles. The molecular weight excluding hydrogens is 262 g/mol. The minimum atomic E-state index is -0.000599. The van der Waals surface area contributed by atoms with Crippen molar-refractivity contribution in [3.63, 3.8) is 0 Å². The summed E-state index contributed by atoms with van der Waals surface area (Å²) in [6.45, 7) is 3.14. The van der Waals surface area contributed by atoms with Crippen molar-refractivity contribution in [2.75, 3.05) is 6.54 Å². The summed E-state index contributed by atoms with van der Waals surface area (Å²) in [4.78, 5) is 21.9. The van der Waals surface area contributed by atoms with Gasteiger partial charge in [0.05, 0.1) is 12.2 Å². The molecule has 4 nitrogen and oxygen atoms in total. The van der Waals surface area contributed by atoms with Crippen molar-refractivity contribution in [3.05, 3.63) is 66.1 Å². The van der Waals surface area contributed by atoms with Crippen molar-refractivity contribution in [2.24, 2.45) is 0 Å². The summed E-state index contributed by atoms with van der Waals surface area (Å²) in [5, 5.41) is 1.05. The molecule has 3 rings (SSSR count). The van der Waals surface area contributed by atoms with Crippen LogP contribution >= 0.6 is 0 Å². The normalized spacial score (nSPS) is 10.7. The number of para-hydroxylation sites is 1. The number of rotatable bonds is 4. The first kappa shape index (κ1) is 13.4. The first-order chi connectivity index (χ1) is 10.3. The van der Waals surface area contributed by atoms with E-state index in [0.29, 0.717) is 18.8 Å². The Kier molecular flexibility index (Phi) is 3.69. The van der Waals surface area contributed by atoms with Crippen LogP contribution in [0.15, 0.2) is 54.7 Å². The van der Waals surface area contributed by atoms with Crippen LogP contribution in [-0.2, 0) is 6.54 Å². The zero-order chi connectivity index (χ0) is 14.7. The molecule has 0 saturated heterocycles. The highest BCUT2D eigenvalue weighted by molar-refractivity contribution is 5.97. The van der Waals surface area contributed by atoms with Gasteiger partial charge >= 0.3 is 0 Å². The highest BCUT2D eigenvalue weighted by Crippen LogP contribution is 2.16. The number of hydrogen-bond acceptors (Lipinski definition) is 2. The van der Waals surface area contributed by atoms with E-state index in [4.69, 9.17) is 0 Å². The topological polar surface area (TPSA) is 49.0 Å². The van der Waals surface area contributed by atoms with Gasteiger partial charge in [0.2, 0.25) is 0 Å². The monoisotopic (exact) mass is 279 g/mol. The van der Waals surface area contributed by atoms with E-state index >= 15 is 0 Å². The predicted molar refractivity (Wildman–Crippen MR) is 83.0 cm³/mol. The van der Waals surface area contributed by atoms with Crippen molar-refractivity contribution in [1.29, 1.82) is 0 Å². The lowest BCUT2D eigenvalue weighted by atomic mass is 10.2. The van der Waals surface area contributed by atoms with Gasteiger partial charge < -0.3 is 9.88 Å². The molecule has 0 aliphatic rings. The van der Waals surface area contributed by atoms with Gasteiger partial charge in [0, 0.05) is 23.6 Å². The Balaban J connectivity index is 1.84. The van der Waals surface area contributed by atoms with E-state index in [9.17, 15) is 4.79 Å². The molecule has 0 unspecified atom stereocenters. The third kappa shape index (κ3) is 2.79. The summed E-state index contributed by atoms with van der Waals surface area (Å²) in [5.41, 5.74) is 2.49. The quantitative estimate of drug-likeness (QED) is 0.797. The number of amides is 1. The molecule has 2 heterocycles. The van der Waals surface area contributed by atoms with Crippen LogP contribution in [0.3, 0.4) is 0 Å². The molecule has 0 radical (unpaired) electrons. The van der Waals surface area contributed by atoms with Crippen molar-refractivity contribution >= 4 is 16.8 Å². The molecule has 0 atom stereocenters. The van der Waals surface area contributed by atoms with Crippen LogP contribution in [0, 0.1) is 0 Å². The molecule has 0 bridgehead atoms. The molecule has 1 N–H and O–H groups in total. The molecule has 1 aromatic carbocycles. The van der Waals surface area contributed by atoms with E-state index in [1.54, 1.807) is 11.1 Å². The standard InChI is InChI=1S/C17H17N3O/c1-2-20(12-14-8-5-6-10-18-14)17(21)16-11-13-7-3-4-9-15(13)19-16/h3-11,19H,2,12H2,1H3. The number of aromatic nitrogens is 2. The number of carbonyl (C=O) groups is 1. The minimum absolute atomic E-state index is 0.000599. The smallest absolute Gasteiger partial charge is 0.270 e. The summed E-state index contributed by atoms with van der Waals surface area (Å²) < 4.78 is 0. The second-order valence-corrected chi connectivity index (χ2v) is 4.91. The molecule has 4 heteroatoms. The maximum Gasteiger partial charge on any atom is 0.270 e. The summed E-state index contributed by atoms with van der Waals surface area (Å²) >= 11 is 0. The van der Waals surface area contributed by atoms with Crippen LogP contribution < -0.4 is 0 Å². The first-order valence-corrected chi connectivity index (χ1v) is 7.05. The molecule has 0 saturated carbocycles. The molecule has 106 valence electrons. The molecule has 0 spiro atoms. The summed E-state index contributed by atoms with van der Waals surface area (Å²) in [5.74, 6) is -0.000599. The van der Waals surface area contributed by atoms with E-state index < -0.39 is 0 Å². The Bertz CT molecular complexity index is 716. The fourth-order valence-corrected chi connectivity index (χ4v) is 2.37. The van der Waals surface area contributed by atoms with E-state index in [0.717, 1.165) is 16.6 Å². The summed E-state index contributed by atoms with van der Waals surface area (Å²) in [7, 11) is 0. The minimum Gasteiger partial charge on any atom is -0.351 e. The Labute approximate surface area is 123 Å². The molecule has 0 fully saturated rings. The zero-order valence-electron chi connectivity index (χ0n) is 11.9. The number of hydrogen-bond donors (Lipinski definition) is 1. The second-order valence-electron chi connectivity index (χ2n) is 4.91. The Morgan fingerprint density at radius 3 is 2.71 bits per heavy atom. The maximum atomic E-state index is 12.6. The van der Waals surface area contributed by atoms with E-state index in [-0.39, 0.29) is 5.91 Å². The fraction of sp³-hybridized carbons (Fsp3) is 0.176. The van der Waals surface area contributed by atoms with Crippen LogP contribution in [-0.4, -0.2) is 27.3 Å². The van der Waals surface area contributed by atoms with Crippen LogP contribution in [0.2, 0.25) is 0 Å². The first-order valence-electron chi connectivity index (χ1n) is 7.05.